The molecule has 0 aliphatic carbocycles. The fourth-order valence-corrected chi connectivity index (χ4v) is 3.79. The minimum Gasteiger partial charge on any atom is -0.493 e. The lowest BCUT2D eigenvalue weighted by molar-refractivity contribution is -0.111. The van der Waals surface area contributed by atoms with E-state index in [9.17, 15) is 4.79 Å². The molecule has 6 heteroatoms. The first-order valence-corrected chi connectivity index (χ1v) is 9.96. The summed E-state index contributed by atoms with van der Waals surface area (Å²) in [6.07, 6.45) is 5.73. The average molecular weight is 394 g/mol. The van der Waals surface area contributed by atoms with Gasteiger partial charge in [0.1, 0.15) is 13.2 Å². The number of rotatable bonds is 5. The number of fused-ring (bicyclic) bond motifs is 1. The van der Waals surface area contributed by atoms with Gasteiger partial charge in [0.25, 0.3) is 0 Å². The van der Waals surface area contributed by atoms with Crippen LogP contribution in [0, 0.1) is 6.92 Å². The molecule has 29 heavy (non-hydrogen) atoms. The number of aryl methyl sites for hydroxylation is 1. The highest BCUT2D eigenvalue weighted by atomic mass is 16.6. The van der Waals surface area contributed by atoms with Crippen LogP contribution in [0.1, 0.15) is 24.0 Å². The van der Waals surface area contributed by atoms with Gasteiger partial charge in [0.15, 0.2) is 11.5 Å². The van der Waals surface area contributed by atoms with Gasteiger partial charge >= 0.3 is 0 Å². The van der Waals surface area contributed by atoms with E-state index in [-0.39, 0.29) is 5.91 Å². The van der Waals surface area contributed by atoms with Gasteiger partial charge in [-0.05, 0) is 67.3 Å². The molecule has 2 aliphatic rings. The zero-order chi connectivity index (χ0) is 20.2. The molecule has 2 aliphatic heterocycles. The van der Waals surface area contributed by atoms with Crippen molar-refractivity contribution in [1.29, 1.82) is 0 Å². The third kappa shape index (κ3) is 4.31. The normalized spacial score (nSPS) is 15.6. The second-order valence-corrected chi connectivity index (χ2v) is 7.27. The molecule has 1 amide bonds. The lowest BCUT2D eigenvalue weighted by Crippen LogP contribution is -2.18. The second-order valence-electron chi connectivity index (χ2n) is 7.27. The van der Waals surface area contributed by atoms with Crippen molar-refractivity contribution in [2.24, 2.45) is 0 Å². The number of hydrogen-bond donors (Lipinski definition) is 1. The Hall–Kier alpha value is -3.15. The summed E-state index contributed by atoms with van der Waals surface area (Å²) < 4.78 is 16.6. The van der Waals surface area contributed by atoms with Gasteiger partial charge < -0.3 is 24.4 Å². The zero-order valence-electron chi connectivity index (χ0n) is 16.9. The molecule has 0 aromatic heterocycles. The summed E-state index contributed by atoms with van der Waals surface area (Å²) in [7, 11) is 1.59. The van der Waals surface area contributed by atoms with Crippen LogP contribution >= 0.6 is 0 Å². The molecule has 0 spiro atoms. The van der Waals surface area contributed by atoms with Crippen LogP contribution in [0.5, 0.6) is 17.2 Å². The number of anilines is 2. The quantitative estimate of drug-likeness (QED) is 0.776. The Morgan fingerprint density at radius 3 is 2.69 bits per heavy atom. The summed E-state index contributed by atoms with van der Waals surface area (Å²) in [4.78, 5) is 14.8. The molecule has 0 saturated carbocycles. The van der Waals surface area contributed by atoms with E-state index in [1.807, 2.05) is 24.3 Å². The van der Waals surface area contributed by atoms with Gasteiger partial charge in [-0.1, -0.05) is 0 Å². The number of ether oxygens (including phenoxy) is 3. The van der Waals surface area contributed by atoms with Crippen molar-refractivity contribution < 1.29 is 19.0 Å². The van der Waals surface area contributed by atoms with E-state index in [0.29, 0.717) is 30.5 Å². The topological polar surface area (TPSA) is 60.0 Å². The summed E-state index contributed by atoms with van der Waals surface area (Å²) in [5.74, 6) is 1.64. The van der Waals surface area contributed by atoms with Crippen LogP contribution in [0.3, 0.4) is 0 Å². The third-order valence-corrected chi connectivity index (χ3v) is 5.19. The number of nitrogens with one attached hydrogen (secondary N) is 1. The Morgan fingerprint density at radius 1 is 1.14 bits per heavy atom. The lowest BCUT2D eigenvalue weighted by atomic mass is 10.1. The smallest absolute Gasteiger partial charge is 0.248 e. The van der Waals surface area contributed by atoms with Gasteiger partial charge in [-0.15, -0.1) is 0 Å². The van der Waals surface area contributed by atoms with Crippen molar-refractivity contribution in [3.05, 3.63) is 47.5 Å². The molecular weight excluding hydrogens is 368 g/mol. The predicted molar refractivity (Wildman–Crippen MR) is 114 cm³/mol. The molecule has 152 valence electrons. The molecule has 2 heterocycles. The van der Waals surface area contributed by atoms with Crippen LogP contribution in [0.4, 0.5) is 11.4 Å². The van der Waals surface area contributed by atoms with Crippen LogP contribution in [0.25, 0.3) is 6.08 Å². The minimum absolute atomic E-state index is 0.188. The molecular formula is C23H26N2O4. The number of amides is 1. The van der Waals surface area contributed by atoms with E-state index in [4.69, 9.17) is 14.2 Å². The van der Waals surface area contributed by atoms with E-state index >= 15 is 0 Å². The van der Waals surface area contributed by atoms with Gasteiger partial charge in [0.2, 0.25) is 11.7 Å². The number of benzene rings is 2. The highest BCUT2D eigenvalue weighted by Crippen LogP contribution is 2.40. The number of carbonyl (C=O) groups excluding carboxylic acids is 1. The van der Waals surface area contributed by atoms with Crippen LogP contribution in [-0.4, -0.2) is 39.3 Å². The van der Waals surface area contributed by atoms with Crippen molar-refractivity contribution >= 4 is 23.4 Å². The summed E-state index contributed by atoms with van der Waals surface area (Å²) in [6.45, 7) is 5.29. The summed E-state index contributed by atoms with van der Waals surface area (Å²) >= 11 is 0. The van der Waals surface area contributed by atoms with Crippen molar-refractivity contribution in [2.75, 3.05) is 43.6 Å². The molecule has 1 saturated heterocycles. The molecule has 0 bridgehead atoms. The summed E-state index contributed by atoms with van der Waals surface area (Å²) in [5, 5.41) is 2.93. The van der Waals surface area contributed by atoms with Gasteiger partial charge in [-0.3, -0.25) is 4.79 Å². The molecule has 6 nitrogen and oxygen atoms in total. The van der Waals surface area contributed by atoms with Gasteiger partial charge in [0.05, 0.1) is 7.11 Å². The number of hydrogen-bond acceptors (Lipinski definition) is 5. The summed E-state index contributed by atoms with van der Waals surface area (Å²) in [5.41, 5.74) is 4.02. The SMILES string of the molecule is COc1cc(/C=C/C(=O)Nc2ccc(N3CCCC3)c(C)c2)cc2c1OCCO2. The van der Waals surface area contributed by atoms with E-state index in [1.54, 1.807) is 13.2 Å². The van der Waals surface area contributed by atoms with Crippen LogP contribution in [-0.2, 0) is 4.79 Å². The zero-order valence-corrected chi connectivity index (χ0v) is 16.9. The maximum atomic E-state index is 12.4. The molecule has 0 atom stereocenters. The van der Waals surface area contributed by atoms with Gasteiger partial charge in [0, 0.05) is 30.5 Å². The molecule has 2 aromatic carbocycles. The lowest BCUT2D eigenvalue weighted by Gasteiger charge is -2.21. The first-order valence-electron chi connectivity index (χ1n) is 9.96. The van der Waals surface area contributed by atoms with E-state index in [2.05, 4.69) is 23.2 Å². The molecule has 4 rings (SSSR count). The Labute approximate surface area is 171 Å². The molecule has 1 N–H and O–H groups in total. The fourth-order valence-electron chi connectivity index (χ4n) is 3.79. The largest absolute Gasteiger partial charge is 0.493 e. The number of nitrogens with zero attached hydrogens (tertiary/aromatic N) is 1. The second kappa shape index (κ2) is 8.47. The Balaban J connectivity index is 1.44. The van der Waals surface area contributed by atoms with Crippen molar-refractivity contribution in [1.82, 2.24) is 0 Å². The third-order valence-electron chi connectivity index (χ3n) is 5.19. The van der Waals surface area contributed by atoms with Crippen LogP contribution < -0.4 is 24.4 Å². The molecule has 1 fully saturated rings. The predicted octanol–water partition coefficient (Wildman–Crippen LogP) is 4.03. The van der Waals surface area contributed by atoms with Gasteiger partial charge in [-0.25, -0.2) is 0 Å². The van der Waals surface area contributed by atoms with Crippen LogP contribution in [0.15, 0.2) is 36.4 Å². The van der Waals surface area contributed by atoms with E-state index in [1.165, 1.54) is 30.2 Å². The Bertz CT molecular complexity index is 915. The summed E-state index contributed by atoms with van der Waals surface area (Å²) in [6, 6.07) is 9.74. The maximum Gasteiger partial charge on any atom is 0.248 e. The van der Waals surface area contributed by atoms with Crippen molar-refractivity contribution in [2.45, 2.75) is 19.8 Å². The van der Waals surface area contributed by atoms with E-state index in [0.717, 1.165) is 24.3 Å². The Morgan fingerprint density at radius 2 is 1.93 bits per heavy atom. The Kier molecular flexibility index (Phi) is 5.60. The van der Waals surface area contributed by atoms with Gasteiger partial charge in [-0.2, -0.15) is 0 Å². The highest BCUT2D eigenvalue weighted by Gasteiger charge is 2.18. The first kappa shape index (κ1) is 19.2. The van der Waals surface area contributed by atoms with Crippen LogP contribution in [0.2, 0.25) is 0 Å². The molecule has 0 unspecified atom stereocenters. The number of carbonyl (C=O) groups is 1. The van der Waals surface area contributed by atoms with Crippen molar-refractivity contribution in [3.63, 3.8) is 0 Å². The molecule has 0 radical (unpaired) electrons. The standard InChI is InChI=1S/C23H26N2O4/c1-16-13-18(6-7-19(16)25-9-3-4-10-25)24-22(26)8-5-17-14-20(27-2)23-21(15-17)28-11-12-29-23/h5-8,13-15H,3-4,9-12H2,1-2H3,(H,24,26)/b8-5+. The van der Waals surface area contributed by atoms with Crippen molar-refractivity contribution in [3.8, 4) is 17.2 Å². The first-order chi connectivity index (χ1) is 14.1. The average Bonchev–Trinajstić information content (AvgIpc) is 3.26. The fraction of sp³-hybridized carbons (Fsp3) is 0.348. The monoisotopic (exact) mass is 394 g/mol. The highest BCUT2D eigenvalue weighted by molar-refractivity contribution is 6.02. The minimum atomic E-state index is -0.188. The number of methoxy groups -OCH3 is 1. The van der Waals surface area contributed by atoms with E-state index < -0.39 is 0 Å². The molecule has 2 aromatic rings. The maximum absolute atomic E-state index is 12.4.